The Bertz CT molecular complexity index is 1790. The van der Waals surface area contributed by atoms with Crippen LogP contribution >= 0.6 is 0 Å². The van der Waals surface area contributed by atoms with E-state index in [2.05, 4.69) is 112 Å². The molecule has 0 saturated heterocycles. The van der Waals surface area contributed by atoms with Gasteiger partial charge in [0.05, 0.1) is 11.4 Å². The van der Waals surface area contributed by atoms with Gasteiger partial charge in [0.25, 0.3) is 0 Å². The summed E-state index contributed by atoms with van der Waals surface area (Å²) in [7, 11) is 0. The lowest BCUT2D eigenvalue weighted by atomic mass is 9.88. The Morgan fingerprint density at radius 2 is 1.11 bits per heavy atom. The molecule has 2 heteroatoms. The van der Waals surface area contributed by atoms with Crippen LogP contribution in [-0.2, 0) is 5.41 Å². The Hall–Kier alpha value is -4.30. The molecule has 0 aliphatic heterocycles. The number of pyridine rings is 2. The van der Waals surface area contributed by atoms with Gasteiger partial charge >= 0.3 is 0 Å². The van der Waals surface area contributed by atoms with Crippen molar-refractivity contribution in [1.82, 2.24) is 9.97 Å². The first-order chi connectivity index (χ1) is 17.5. The summed E-state index contributed by atoms with van der Waals surface area (Å²) in [5, 5.41) is 5.17. The lowest BCUT2D eigenvalue weighted by molar-refractivity contribution is 0.587. The number of hydrogen-bond donors (Lipinski definition) is 0. The standard InChI is InChI=1S/C34H26N2/c1-34(2,3)22-16-18-30(36-20-22)29-17-15-21(19-35-29)31-26-11-6-7-12-27(26)32-24-10-5-4-9-23(24)25-13-8-14-28(31)33(25)32/h4-20H,1-3H3. The molecule has 2 nitrogen and oxygen atoms in total. The summed E-state index contributed by atoms with van der Waals surface area (Å²) >= 11 is 0. The van der Waals surface area contributed by atoms with E-state index in [0.717, 1.165) is 17.0 Å². The molecule has 0 fully saturated rings. The van der Waals surface area contributed by atoms with Gasteiger partial charge in [-0.15, -0.1) is 0 Å². The summed E-state index contributed by atoms with van der Waals surface area (Å²) in [5.74, 6) is 0. The van der Waals surface area contributed by atoms with Crippen LogP contribution in [0.1, 0.15) is 26.3 Å². The fraction of sp³-hybridized carbons (Fsp3) is 0.118. The van der Waals surface area contributed by atoms with Crippen LogP contribution in [-0.4, -0.2) is 9.97 Å². The Balaban J connectivity index is 1.43. The van der Waals surface area contributed by atoms with Crippen molar-refractivity contribution < 1.29 is 0 Å². The first kappa shape index (κ1) is 21.0. The van der Waals surface area contributed by atoms with Crippen molar-refractivity contribution in [3.8, 4) is 44.8 Å². The normalized spacial score (nSPS) is 12.3. The summed E-state index contributed by atoms with van der Waals surface area (Å²) < 4.78 is 0. The van der Waals surface area contributed by atoms with E-state index in [0.29, 0.717) is 0 Å². The van der Waals surface area contributed by atoms with Crippen molar-refractivity contribution in [3.63, 3.8) is 0 Å². The third-order valence-electron chi connectivity index (χ3n) is 7.48. The van der Waals surface area contributed by atoms with Gasteiger partial charge in [0.1, 0.15) is 0 Å². The smallest absolute Gasteiger partial charge is 0.0886 e. The molecule has 6 aromatic rings. The number of fused-ring (bicyclic) bond motifs is 5. The molecule has 2 aromatic heterocycles. The van der Waals surface area contributed by atoms with Gasteiger partial charge in [-0.25, -0.2) is 0 Å². The highest BCUT2D eigenvalue weighted by Crippen LogP contribution is 2.53. The van der Waals surface area contributed by atoms with E-state index < -0.39 is 0 Å². The monoisotopic (exact) mass is 462 g/mol. The highest BCUT2D eigenvalue weighted by atomic mass is 14.8. The van der Waals surface area contributed by atoms with Crippen LogP contribution in [0, 0.1) is 0 Å². The van der Waals surface area contributed by atoms with E-state index in [4.69, 9.17) is 9.97 Å². The summed E-state index contributed by atoms with van der Waals surface area (Å²) in [6, 6.07) is 32.8. The van der Waals surface area contributed by atoms with Gasteiger partial charge in [-0.3, -0.25) is 9.97 Å². The lowest BCUT2D eigenvalue weighted by Gasteiger charge is -2.18. The van der Waals surface area contributed by atoms with E-state index >= 15 is 0 Å². The molecule has 0 amide bonds. The lowest BCUT2D eigenvalue weighted by Crippen LogP contribution is -2.11. The number of nitrogens with zero attached hydrogens (tertiary/aromatic N) is 2. The average molecular weight is 463 g/mol. The predicted octanol–water partition coefficient (Wildman–Crippen LogP) is 9.06. The van der Waals surface area contributed by atoms with Crippen LogP contribution in [0.25, 0.3) is 66.3 Å². The molecule has 1 aliphatic carbocycles. The van der Waals surface area contributed by atoms with E-state index in [-0.39, 0.29) is 5.41 Å². The maximum atomic E-state index is 4.87. The van der Waals surface area contributed by atoms with Crippen LogP contribution in [0.5, 0.6) is 0 Å². The Morgan fingerprint density at radius 1 is 0.500 bits per heavy atom. The Kier molecular flexibility index (Phi) is 4.44. The summed E-state index contributed by atoms with van der Waals surface area (Å²) in [6.07, 6.45) is 3.98. The van der Waals surface area contributed by atoms with Gasteiger partial charge in [-0.05, 0) is 72.5 Å². The van der Waals surface area contributed by atoms with Gasteiger partial charge in [-0.1, -0.05) is 99.6 Å². The van der Waals surface area contributed by atoms with Crippen LogP contribution in [0.2, 0.25) is 0 Å². The molecule has 0 unspecified atom stereocenters. The van der Waals surface area contributed by atoms with Crippen molar-refractivity contribution in [3.05, 3.63) is 109 Å². The summed E-state index contributed by atoms with van der Waals surface area (Å²) in [5.41, 5.74) is 10.8. The summed E-state index contributed by atoms with van der Waals surface area (Å²) in [4.78, 5) is 9.58. The second-order valence-corrected chi connectivity index (χ2v) is 10.7. The summed E-state index contributed by atoms with van der Waals surface area (Å²) in [6.45, 7) is 6.62. The predicted molar refractivity (Wildman–Crippen MR) is 151 cm³/mol. The first-order valence-corrected chi connectivity index (χ1v) is 12.5. The number of hydrogen-bond acceptors (Lipinski definition) is 2. The Labute approximate surface area is 211 Å². The molecule has 2 heterocycles. The number of aromatic nitrogens is 2. The first-order valence-electron chi connectivity index (χ1n) is 12.5. The van der Waals surface area contributed by atoms with Crippen molar-refractivity contribution in [2.45, 2.75) is 26.2 Å². The third-order valence-corrected chi connectivity index (χ3v) is 7.48. The second kappa shape index (κ2) is 7.60. The molecule has 0 atom stereocenters. The van der Waals surface area contributed by atoms with Crippen LogP contribution in [0.4, 0.5) is 0 Å². The topological polar surface area (TPSA) is 25.8 Å². The molecule has 4 aromatic carbocycles. The van der Waals surface area contributed by atoms with Crippen LogP contribution in [0.3, 0.4) is 0 Å². The number of rotatable bonds is 2. The minimum atomic E-state index is 0.0826. The molecule has 7 rings (SSSR count). The van der Waals surface area contributed by atoms with Gasteiger partial charge < -0.3 is 0 Å². The van der Waals surface area contributed by atoms with Gasteiger partial charge in [0, 0.05) is 18.0 Å². The van der Waals surface area contributed by atoms with E-state index in [9.17, 15) is 0 Å². The van der Waals surface area contributed by atoms with Crippen molar-refractivity contribution in [2.24, 2.45) is 0 Å². The Morgan fingerprint density at radius 3 is 1.78 bits per heavy atom. The minimum Gasteiger partial charge on any atom is -0.254 e. The third kappa shape index (κ3) is 3.04. The zero-order valence-electron chi connectivity index (χ0n) is 20.7. The van der Waals surface area contributed by atoms with Crippen LogP contribution < -0.4 is 0 Å². The highest BCUT2D eigenvalue weighted by molar-refractivity contribution is 6.29. The average Bonchev–Trinajstić information content (AvgIpc) is 3.25. The molecular weight excluding hydrogens is 436 g/mol. The van der Waals surface area contributed by atoms with Gasteiger partial charge in [0.15, 0.2) is 0 Å². The largest absolute Gasteiger partial charge is 0.254 e. The van der Waals surface area contributed by atoms with Crippen LogP contribution in [0.15, 0.2) is 103 Å². The van der Waals surface area contributed by atoms with Gasteiger partial charge in [0.2, 0.25) is 0 Å². The molecule has 1 aliphatic rings. The molecule has 0 radical (unpaired) electrons. The zero-order chi connectivity index (χ0) is 24.4. The molecule has 36 heavy (non-hydrogen) atoms. The molecular formula is C34H26N2. The molecule has 0 spiro atoms. The quantitative estimate of drug-likeness (QED) is 0.239. The number of benzene rings is 4. The van der Waals surface area contributed by atoms with Gasteiger partial charge in [-0.2, -0.15) is 0 Å². The molecule has 0 N–H and O–H groups in total. The fourth-order valence-electron chi connectivity index (χ4n) is 5.66. The van der Waals surface area contributed by atoms with Crippen molar-refractivity contribution >= 4 is 21.5 Å². The van der Waals surface area contributed by atoms with Crippen molar-refractivity contribution in [1.29, 1.82) is 0 Å². The molecule has 0 bridgehead atoms. The maximum absolute atomic E-state index is 4.87. The minimum absolute atomic E-state index is 0.0826. The highest BCUT2D eigenvalue weighted by Gasteiger charge is 2.25. The van der Waals surface area contributed by atoms with E-state index in [1.54, 1.807) is 0 Å². The second-order valence-electron chi connectivity index (χ2n) is 10.7. The fourth-order valence-corrected chi connectivity index (χ4v) is 5.66. The zero-order valence-corrected chi connectivity index (χ0v) is 20.7. The van der Waals surface area contributed by atoms with E-state index in [1.165, 1.54) is 54.9 Å². The molecule has 0 saturated carbocycles. The maximum Gasteiger partial charge on any atom is 0.0886 e. The van der Waals surface area contributed by atoms with E-state index in [1.807, 2.05) is 12.4 Å². The van der Waals surface area contributed by atoms with Crippen molar-refractivity contribution in [2.75, 3.05) is 0 Å². The molecule has 172 valence electrons. The SMILES string of the molecule is CC(C)(C)c1ccc(-c2ccc(-c3c4ccccc4c4c5c(cccc35)-c3ccccc3-4)cn2)nc1.